The van der Waals surface area contributed by atoms with Crippen LogP contribution in [0.1, 0.15) is 90.4 Å². The molecule has 0 atom stereocenters. The van der Waals surface area contributed by atoms with Crippen molar-refractivity contribution >= 4 is 0 Å². The molecule has 2 fully saturated rings. The Bertz CT molecular complexity index is 279. The molecular weight excluding hydrogens is 228 g/mol. The average Bonchev–Trinajstić information content (AvgIpc) is 2.48. The van der Waals surface area contributed by atoms with Gasteiger partial charge >= 0.3 is 0 Å². The van der Waals surface area contributed by atoms with E-state index in [1.165, 1.54) is 83.5 Å². The summed E-state index contributed by atoms with van der Waals surface area (Å²) in [6.07, 6.45) is 18.4. The Balaban J connectivity index is 1.64. The van der Waals surface area contributed by atoms with Gasteiger partial charge in [-0.3, -0.25) is 0 Å². The highest BCUT2D eigenvalue weighted by Crippen LogP contribution is 2.32. The van der Waals surface area contributed by atoms with Crippen LogP contribution in [0, 0.1) is 29.6 Å². The second-order valence-electron chi connectivity index (χ2n) is 6.84. The topological polar surface area (TPSA) is 0 Å². The van der Waals surface area contributed by atoms with Crippen LogP contribution in [-0.4, -0.2) is 0 Å². The van der Waals surface area contributed by atoms with Crippen molar-refractivity contribution in [2.24, 2.45) is 17.8 Å². The van der Waals surface area contributed by atoms with Gasteiger partial charge in [0, 0.05) is 11.8 Å². The first-order chi connectivity index (χ1) is 9.38. The van der Waals surface area contributed by atoms with E-state index in [4.69, 9.17) is 0 Å². The summed E-state index contributed by atoms with van der Waals surface area (Å²) in [4.78, 5) is 0. The molecule has 2 rings (SSSR count). The molecule has 0 heteroatoms. The van der Waals surface area contributed by atoms with E-state index in [0.717, 1.165) is 17.8 Å². The molecule has 0 bridgehead atoms. The molecule has 0 heterocycles. The molecule has 0 aliphatic heterocycles. The average molecular weight is 260 g/mol. The van der Waals surface area contributed by atoms with Gasteiger partial charge in [-0.15, -0.1) is 0 Å². The summed E-state index contributed by atoms with van der Waals surface area (Å²) in [5.74, 6) is 9.75. The van der Waals surface area contributed by atoms with Crippen molar-refractivity contribution in [1.82, 2.24) is 0 Å². The van der Waals surface area contributed by atoms with E-state index in [2.05, 4.69) is 18.8 Å². The lowest BCUT2D eigenvalue weighted by molar-refractivity contribution is 0.294. The minimum atomic E-state index is 0.740. The Morgan fingerprint density at radius 3 is 2.00 bits per heavy atom. The van der Waals surface area contributed by atoms with Crippen LogP contribution < -0.4 is 0 Å². The van der Waals surface area contributed by atoms with E-state index in [0.29, 0.717) is 0 Å². The second-order valence-corrected chi connectivity index (χ2v) is 6.84. The summed E-state index contributed by atoms with van der Waals surface area (Å²) in [6, 6.07) is 0. The lowest BCUT2D eigenvalue weighted by Gasteiger charge is -2.25. The summed E-state index contributed by atoms with van der Waals surface area (Å²) in [5, 5.41) is 0. The van der Waals surface area contributed by atoms with Gasteiger partial charge in [-0.05, 0) is 44.4 Å². The Labute approximate surface area is 120 Å². The predicted octanol–water partition coefficient (Wildman–Crippen LogP) is 5.96. The van der Waals surface area contributed by atoms with E-state index in [9.17, 15) is 0 Å². The maximum atomic E-state index is 3.63. The monoisotopic (exact) mass is 260 g/mol. The molecule has 0 unspecified atom stereocenters. The van der Waals surface area contributed by atoms with Gasteiger partial charge in [0.25, 0.3) is 0 Å². The highest BCUT2D eigenvalue weighted by molar-refractivity contribution is 5.08. The Morgan fingerprint density at radius 2 is 1.37 bits per heavy atom. The summed E-state index contributed by atoms with van der Waals surface area (Å²) in [5.41, 5.74) is 0. The van der Waals surface area contributed by atoms with Gasteiger partial charge in [-0.2, -0.15) is 0 Å². The Morgan fingerprint density at radius 1 is 0.737 bits per heavy atom. The van der Waals surface area contributed by atoms with Gasteiger partial charge in [0.05, 0.1) is 0 Å². The third-order valence-corrected chi connectivity index (χ3v) is 5.16. The van der Waals surface area contributed by atoms with Gasteiger partial charge in [-0.1, -0.05) is 63.7 Å². The van der Waals surface area contributed by atoms with E-state index < -0.39 is 0 Å². The highest BCUT2D eigenvalue weighted by Gasteiger charge is 2.19. The van der Waals surface area contributed by atoms with E-state index in [1.807, 2.05) is 0 Å². The van der Waals surface area contributed by atoms with Crippen molar-refractivity contribution in [2.75, 3.05) is 0 Å². The molecule has 0 radical (unpaired) electrons. The number of rotatable bonds is 4. The van der Waals surface area contributed by atoms with Crippen LogP contribution in [0.5, 0.6) is 0 Å². The van der Waals surface area contributed by atoms with Crippen molar-refractivity contribution in [3.63, 3.8) is 0 Å². The van der Waals surface area contributed by atoms with E-state index in [1.54, 1.807) is 0 Å². The minimum absolute atomic E-state index is 0.740. The minimum Gasteiger partial charge on any atom is -0.0996 e. The predicted molar refractivity (Wildman–Crippen MR) is 83.9 cm³/mol. The molecule has 0 amide bonds. The van der Waals surface area contributed by atoms with Crippen LogP contribution >= 0.6 is 0 Å². The summed E-state index contributed by atoms with van der Waals surface area (Å²) in [6.45, 7) is 2.30. The van der Waals surface area contributed by atoms with Gasteiger partial charge in [0.2, 0.25) is 0 Å². The van der Waals surface area contributed by atoms with E-state index in [-0.39, 0.29) is 0 Å². The molecular formula is C19H32. The lowest BCUT2D eigenvalue weighted by atomic mass is 9.79. The lowest BCUT2D eigenvalue weighted by Crippen LogP contribution is -2.13. The fraction of sp³-hybridized carbons (Fsp3) is 0.895. The smallest absolute Gasteiger partial charge is 0.0203 e. The van der Waals surface area contributed by atoms with Crippen LogP contribution in [0.25, 0.3) is 0 Å². The maximum absolute atomic E-state index is 3.63. The summed E-state index contributed by atoms with van der Waals surface area (Å²) >= 11 is 0. The fourth-order valence-corrected chi connectivity index (χ4v) is 3.76. The van der Waals surface area contributed by atoms with Crippen LogP contribution in [0.4, 0.5) is 0 Å². The molecule has 0 aromatic heterocycles. The van der Waals surface area contributed by atoms with Gasteiger partial charge in [0.15, 0.2) is 0 Å². The van der Waals surface area contributed by atoms with Crippen molar-refractivity contribution in [1.29, 1.82) is 0 Å². The zero-order chi connectivity index (χ0) is 13.3. The first-order valence-corrected chi connectivity index (χ1v) is 8.89. The number of hydrogen-bond acceptors (Lipinski definition) is 0. The van der Waals surface area contributed by atoms with Gasteiger partial charge in [0.1, 0.15) is 0 Å². The molecule has 19 heavy (non-hydrogen) atoms. The van der Waals surface area contributed by atoms with Crippen LogP contribution in [0.3, 0.4) is 0 Å². The van der Waals surface area contributed by atoms with Crippen LogP contribution in [0.2, 0.25) is 0 Å². The molecule has 0 N–H and O–H groups in total. The summed E-state index contributed by atoms with van der Waals surface area (Å²) < 4.78 is 0. The molecule has 2 aliphatic carbocycles. The van der Waals surface area contributed by atoms with Crippen molar-refractivity contribution in [3.05, 3.63) is 0 Å². The number of hydrogen-bond donors (Lipinski definition) is 0. The van der Waals surface area contributed by atoms with Crippen LogP contribution in [-0.2, 0) is 0 Å². The Kier molecular flexibility index (Phi) is 6.83. The van der Waals surface area contributed by atoms with Gasteiger partial charge in [-0.25, -0.2) is 0 Å². The number of unbranched alkanes of at least 4 members (excludes halogenated alkanes) is 2. The molecule has 0 nitrogen and oxygen atoms in total. The second kappa shape index (κ2) is 8.68. The third-order valence-electron chi connectivity index (χ3n) is 5.16. The standard InChI is InChI=1S/C19H32/c1-2-3-5-8-18-12-15-19(16-13-18)14-11-17-9-6-4-7-10-17/h17-19H,2-10,12-13,15-16H2,1H3. The molecule has 2 aliphatic rings. The molecule has 2 saturated carbocycles. The maximum Gasteiger partial charge on any atom is 0.0203 e. The quantitative estimate of drug-likeness (QED) is 0.432. The van der Waals surface area contributed by atoms with Crippen molar-refractivity contribution in [2.45, 2.75) is 90.4 Å². The molecule has 0 spiro atoms. The van der Waals surface area contributed by atoms with Crippen LogP contribution in [0.15, 0.2) is 0 Å². The third kappa shape index (κ3) is 5.60. The molecule has 0 saturated heterocycles. The Hall–Kier alpha value is -0.440. The summed E-state index contributed by atoms with van der Waals surface area (Å²) in [7, 11) is 0. The van der Waals surface area contributed by atoms with Gasteiger partial charge < -0.3 is 0 Å². The first kappa shape index (κ1) is 15.0. The van der Waals surface area contributed by atoms with E-state index >= 15 is 0 Å². The highest BCUT2D eigenvalue weighted by atomic mass is 14.2. The first-order valence-electron chi connectivity index (χ1n) is 8.89. The van der Waals surface area contributed by atoms with Crippen molar-refractivity contribution in [3.8, 4) is 11.8 Å². The largest absolute Gasteiger partial charge is 0.0996 e. The fourth-order valence-electron chi connectivity index (χ4n) is 3.76. The molecule has 0 aromatic rings. The molecule has 0 aromatic carbocycles. The SMILES string of the molecule is CCCCCC1CCC(C#CC2CCCCC2)CC1. The zero-order valence-corrected chi connectivity index (χ0v) is 12.9. The van der Waals surface area contributed by atoms with Crippen molar-refractivity contribution < 1.29 is 0 Å². The molecule has 108 valence electrons. The normalized spacial score (nSPS) is 28.7. The zero-order valence-electron chi connectivity index (χ0n) is 12.9.